The van der Waals surface area contributed by atoms with Crippen LogP contribution in [0.2, 0.25) is 0 Å². The average Bonchev–Trinajstić information content (AvgIpc) is 2.67. The van der Waals surface area contributed by atoms with Crippen molar-refractivity contribution in [1.29, 1.82) is 0 Å². The van der Waals surface area contributed by atoms with Gasteiger partial charge < -0.3 is 0 Å². The van der Waals surface area contributed by atoms with Gasteiger partial charge in [0.05, 0.1) is 10.6 Å². The Morgan fingerprint density at radius 1 is 0.704 bits per heavy atom. The predicted molar refractivity (Wildman–Crippen MR) is 102 cm³/mol. The van der Waals surface area contributed by atoms with E-state index >= 15 is 0 Å². The molecule has 0 spiro atoms. The van der Waals surface area contributed by atoms with Crippen molar-refractivity contribution in [3.63, 3.8) is 0 Å². The fourth-order valence-corrected chi connectivity index (χ4v) is 4.29. The van der Waals surface area contributed by atoms with Gasteiger partial charge in [0.2, 0.25) is 0 Å². The average molecular weight is 377 g/mol. The highest BCUT2D eigenvalue weighted by molar-refractivity contribution is 7.92. The molecule has 0 amide bonds. The van der Waals surface area contributed by atoms with Crippen molar-refractivity contribution in [3.05, 3.63) is 94.5 Å². The number of aryl methyl sites for hydroxylation is 1. The molecule has 0 heterocycles. The van der Waals surface area contributed by atoms with Crippen molar-refractivity contribution in [2.75, 3.05) is 4.72 Å². The Labute approximate surface area is 156 Å². The molecule has 1 aliphatic rings. The van der Waals surface area contributed by atoms with E-state index < -0.39 is 10.0 Å². The van der Waals surface area contributed by atoms with Crippen LogP contribution in [-0.4, -0.2) is 20.0 Å². The molecule has 0 unspecified atom stereocenters. The molecule has 0 atom stereocenters. The van der Waals surface area contributed by atoms with Crippen LogP contribution in [0.5, 0.6) is 0 Å². The standard InChI is InChI=1S/C21H15NO4S/c1-13-6-2-5-9-19(13)22-27(25,26)14-10-11-17-18(12-14)21(24)16-8-4-3-7-15(16)20(17)23/h2-12,22H,1H3. The zero-order valence-electron chi connectivity index (χ0n) is 14.4. The summed E-state index contributed by atoms with van der Waals surface area (Å²) < 4.78 is 28.1. The third-order valence-electron chi connectivity index (χ3n) is 4.60. The summed E-state index contributed by atoms with van der Waals surface area (Å²) in [5, 5.41) is 0. The lowest BCUT2D eigenvalue weighted by molar-refractivity contribution is 0.0979. The van der Waals surface area contributed by atoms with Gasteiger partial charge in [-0.1, -0.05) is 42.5 Å². The van der Waals surface area contributed by atoms with E-state index in [1.54, 1.807) is 49.4 Å². The van der Waals surface area contributed by atoms with Gasteiger partial charge in [0, 0.05) is 22.3 Å². The van der Waals surface area contributed by atoms with Crippen LogP contribution in [0.25, 0.3) is 0 Å². The Balaban J connectivity index is 1.78. The topological polar surface area (TPSA) is 80.3 Å². The largest absolute Gasteiger partial charge is 0.289 e. The number of sulfonamides is 1. The van der Waals surface area contributed by atoms with E-state index in [4.69, 9.17) is 0 Å². The smallest absolute Gasteiger partial charge is 0.261 e. The second kappa shape index (κ2) is 6.17. The molecule has 3 aromatic rings. The Morgan fingerprint density at radius 3 is 1.93 bits per heavy atom. The van der Waals surface area contributed by atoms with Gasteiger partial charge in [-0.05, 0) is 36.8 Å². The van der Waals surface area contributed by atoms with Crippen molar-refractivity contribution in [3.8, 4) is 0 Å². The van der Waals surface area contributed by atoms with Gasteiger partial charge in [0.15, 0.2) is 11.6 Å². The lowest BCUT2D eigenvalue weighted by Gasteiger charge is -2.18. The van der Waals surface area contributed by atoms with Crippen molar-refractivity contribution in [2.24, 2.45) is 0 Å². The molecule has 0 aromatic heterocycles. The van der Waals surface area contributed by atoms with E-state index in [1.165, 1.54) is 18.2 Å². The van der Waals surface area contributed by atoms with Gasteiger partial charge in [0.1, 0.15) is 0 Å². The SMILES string of the molecule is Cc1ccccc1NS(=O)(=O)c1ccc2c(c1)C(=O)c1ccccc1C2=O. The van der Waals surface area contributed by atoms with Crippen LogP contribution in [0, 0.1) is 6.92 Å². The highest BCUT2D eigenvalue weighted by Crippen LogP contribution is 2.29. The first-order valence-electron chi connectivity index (χ1n) is 8.29. The van der Waals surface area contributed by atoms with Crippen LogP contribution >= 0.6 is 0 Å². The Kier molecular flexibility index (Phi) is 3.93. The fourth-order valence-electron chi connectivity index (χ4n) is 3.14. The van der Waals surface area contributed by atoms with Crippen LogP contribution in [0.1, 0.15) is 37.4 Å². The quantitative estimate of drug-likeness (QED) is 0.592. The number of nitrogens with one attached hydrogen (secondary N) is 1. The summed E-state index contributed by atoms with van der Waals surface area (Å²) in [6.07, 6.45) is 0. The van der Waals surface area contributed by atoms with Crippen molar-refractivity contribution in [1.82, 2.24) is 0 Å². The first-order chi connectivity index (χ1) is 12.9. The molecule has 0 bridgehead atoms. The van der Waals surface area contributed by atoms with E-state index in [0.29, 0.717) is 11.3 Å². The van der Waals surface area contributed by atoms with Gasteiger partial charge in [-0.25, -0.2) is 8.42 Å². The number of carbonyl (C=O) groups is 2. The zero-order valence-corrected chi connectivity index (χ0v) is 15.2. The van der Waals surface area contributed by atoms with Crippen LogP contribution in [0.3, 0.4) is 0 Å². The minimum atomic E-state index is -3.90. The van der Waals surface area contributed by atoms with E-state index in [-0.39, 0.29) is 33.2 Å². The van der Waals surface area contributed by atoms with Gasteiger partial charge in [-0.15, -0.1) is 0 Å². The van der Waals surface area contributed by atoms with E-state index in [2.05, 4.69) is 4.72 Å². The summed E-state index contributed by atoms with van der Waals surface area (Å²) in [5.74, 6) is -0.635. The Bertz CT molecular complexity index is 1210. The normalized spacial score (nSPS) is 13.1. The molecule has 0 aliphatic heterocycles. The second-order valence-electron chi connectivity index (χ2n) is 6.33. The molecule has 0 saturated carbocycles. The molecule has 0 fully saturated rings. The van der Waals surface area contributed by atoms with Crippen molar-refractivity contribution in [2.45, 2.75) is 11.8 Å². The molecule has 0 saturated heterocycles. The zero-order chi connectivity index (χ0) is 19.2. The first-order valence-corrected chi connectivity index (χ1v) is 9.78. The van der Waals surface area contributed by atoms with Crippen LogP contribution < -0.4 is 4.72 Å². The molecule has 6 heteroatoms. The number of ketones is 2. The van der Waals surface area contributed by atoms with Gasteiger partial charge >= 0.3 is 0 Å². The molecule has 134 valence electrons. The Morgan fingerprint density at radius 2 is 1.26 bits per heavy atom. The van der Waals surface area contributed by atoms with Crippen LogP contribution in [0.15, 0.2) is 71.6 Å². The van der Waals surface area contributed by atoms with Gasteiger partial charge in [-0.2, -0.15) is 0 Å². The Hall–Kier alpha value is -3.25. The number of carbonyl (C=O) groups excluding carboxylic acids is 2. The number of hydrogen-bond acceptors (Lipinski definition) is 4. The summed E-state index contributed by atoms with van der Waals surface area (Å²) in [5.41, 5.74) is 2.18. The summed E-state index contributed by atoms with van der Waals surface area (Å²) in [7, 11) is -3.90. The minimum Gasteiger partial charge on any atom is -0.289 e. The molecule has 5 nitrogen and oxygen atoms in total. The number of rotatable bonds is 3. The van der Waals surface area contributed by atoms with E-state index in [9.17, 15) is 18.0 Å². The summed E-state index contributed by atoms with van der Waals surface area (Å²) in [6.45, 7) is 1.80. The molecule has 0 radical (unpaired) electrons. The fraction of sp³-hybridized carbons (Fsp3) is 0.0476. The third kappa shape index (κ3) is 2.84. The number of para-hydroxylation sites is 1. The molecule has 4 rings (SSSR count). The van der Waals surface area contributed by atoms with E-state index in [1.807, 2.05) is 6.07 Å². The second-order valence-corrected chi connectivity index (χ2v) is 8.01. The lowest BCUT2D eigenvalue weighted by atomic mass is 9.84. The third-order valence-corrected chi connectivity index (χ3v) is 5.96. The minimum absolute atomic E-state index is 0.0648. The lowest BCUT2D eigenvalue weighted by Crippen LogP contribution is -2.22. The monoisotopic (exact) mass is 377 g/mol. The first kappa shape index (κ1) is 17.2. The maximum atomic E-state index is 12.8. The van der Waals surface area contributed by atoms with Gasteiger partial charge in [0.25, 0.3) is 10.0 Å². The highest BCUT2D eigenvalue weighted by Gasteiger charge is 2.30. The maximum absolute atomic E-state index is 12.8. The van der Waals surface area contributed by atoms with Gasteiger partial charge in [-0.3, -0.25) is 14.3 Å². The summed E-state index contributed by atoms with van der Waals surface area (Å²) in [6, 6.07) is 17.6. The molecular weight excluding hydrogens is 362 g/mol. The molecular formula is C21H15NO4S. The number of fused-ring (bicyclic) bond motifs is 2. The highest BCUT2D eigenvalue weighted by atomic mass is 32.2. The predicted octanol–water partition coefficient (Wildman–Crippen LogP) is 3.57. The van der Waals surface area contributed by atoms with Crippen molar-refractivity contribution < 1.29 is 18.0 Å². The van der Waals surface area contributed by atoms with E-state index in [0.717, 1.165) is 5.56 Å². The van der Waals surface area contributed by atoms with Crippen molar-refractivity contribution >= 4 is 27.3 Å². The number of hydrogen-bond donors (Lipinski definition) is 1. The number of benzene rings is 3. The summed E-state index contributed by atoms with van der Waals surface area (Å²) in [4.78, 5) is 25.3. The number of anilines is 1. The van der Waals surface area contributed by atoms with Crippen LogP contribution in [0.4, 0.5) is 5.69 Å². The molecule has 3 aromatic carbocycles. The summed E-state index contributed by atoms with van der Waals surface area (Å²) >= 11 is 0. The van der Waals surface area contributed by atoms with Crippen LogP contribution in [-0.2, 0) is 10.0 Å². The maximum Gasteiger partial charge on any atom is 0.261 e. The molecule has 1 aliphatic carbocycles. The molecule has 27 heavy (non-hydrogen) atoms. The molecule has 1 N–H and O–H groups in total.